The number of furan rings is 1. The van der Waals surface area contributed by atoms with Crippen LogP contribution < -0.4 is 16.8 Å². The second-order valence-corrected chi connectivity index (χ2v) is 3.82. The molecule has 0 aliphatic carbocycles. The summed E-state index contributed by atoms with van der Waals surface area (Å²) in [6, 6.07) is 12.6. The van der Waals surface area contributed by atoms with E-state index in [1.807, 2.05) is 30.3 Å². The number of benzene rings is 1. The molecular formula is C13H15IN4O2. The molecule has 0 spiro atoms. The van der Waals surface area contributed by atoms with Crippen molar-refractivity contribution in [2.75, 3.05) is 5.32 Å². The fourth-order valence-corrected chi connectivity index (χ4v) is 1.47. The number of carbonyl (C=O) groups is 1. The maximum absolute atomic E-state index is 10.8. The summed E-state index contributed by atoms with van der Waals surface area (Å²) in [4.78, 5) is 14.9. The van der Waals surface area contributed by atoms with Gasteiger partial charge in [-0.25, -0.2) is 4.99 Å². The molecule has 0 aliphatic heterocycles. The van der Waals surface area contributed by atoms with Crippen molar-refractivity contribution in [3.63, 3.8) is 0 Å². The van der Waals surface area contributed by atoms with E-state index in [2.05, 4.69) is 10.3 Å². The fourth-order valence-electron chi connectivity index (χ4n) is 1.47. The molecule has 1 amide bonds. The summed E-state index contributed by atoms with van der Waals surface area (Å²) in [5.41, 5.74) is 11.7. The maximum Gasteiger partial charge on any atom is 0.284 e. The number of rotatable bonds is 4. The number of hydrogen-bond donors (Lipinski definition) is 3. The van der Waals surface area contributed by atoms with Gasteiger partial charge in [-0.3, -0.25) is 4.79 Å². The van der Waals surface area contributed by atoms with E-state index in [1.165, 1.54) is 6.07 Å². The SMILES string of the molecule is I.NC(=O)c1ccc(CN=C(N)Nc2ccccc2)o1. The highest BCUT2D eigenvalue weighted by atomic mass is 127. The molecule has 0 saturated carbocycles. The number of amides is 1. The van der Waals surface area contributed by atoms with Crippen LogP contribution in [0.2, 0.25) is 0 Å². The fraction of sp³-hybridized carbons (Fsp3) is 0.0769. The molecule has 0 aliphatic rings. The first-order valence-corrected chi connectivity index (χ1v) is 5.65. The Morgan fingerprint density at radius 3 is 2.45 bits per heavy atom. The van der Waals surface area contributed by atoms with Gasteiger partial charge < -0.3 is 21.2 Å². The van der Waals surface area contributed by atoms with Gasteiger partial charge in [0.2, 0.25) is 0 Å². The largest absolute Gasteiger partial charge is 0.454 e. The number of para-hydroxylation sites is 1. The molecule has 1 aromatic carbocycles. The third-order valence-corrected chi connectivity index (χ3v) is 2.36. The van der Waals surface area contributed by atoms with Gasteiger partial charge in [-0.05, 0) is 24.3 Å². The molecule has 2 aromatic rings. The van der Waals surface area contributed by atoms with E-state index >= 15 is 0 Å². The Morgan fingerprint density at radius 2 is 1.85 bits per heavy atom. The third-order valence-electron chi connectivity index (χ3n) is 2.36. The standard InChI is InChI=1S/C13H14N4O2.HI/c14-12(18)11-7-6-10(19-11)8-16-13(15)17-9-4-2-1-3-5-9;/h1-7H,8H2,(H2,14,18)(H3,15,16,17);1H. The Kier molecular flexibility index (Phi) is 6.04. The summed E-state index contributed by atoms with van der Waals surface area (Å²) >= 11 is 0. The lowest BCUT2D eigenvalue weighted by atomic mass is 10.3. The summed E-state index contributed by atoms with van der Waals surface area (Å²) in [6.07, 6.45) is 0. The van der Waals surface area contributed by atoms with Gasteiger partial charge in [0.1, 0.15) is 12.3 Å². The molecule has 5 N–H and O–H groups in total. The summed E-state index contributed by atoms with van der Waals surface area (Å²) in [5.74, 6) is 0.292. The highest BCUT2D eigenvalue weighted by molar-refractivity contribution is 14.0. The van der Waals surface area contributed by atoms with Crippen LogP contribution in [-0.2, 0) is 6.54 Å². The molecule has 106 valence electrons. The van der Waals surface area contributed by atoms with Crippen LogP contribution in [0, 0.1) is 0 Å². The molecule has 0 fully saturated rings. The summed E-state index contributed by atoms with van der Waals surface area (Å²) in [5, 5.41) is 2.94. The van der Waals surface area contributed by atoms with Gasteiger partial charge in [0.25, 0.3) is 5.91 Å². The first-order valence-electron chi connectivity index (χ1n) is 5.65. The third kappa shape index (κ3) is 4.57. The normalized spacial score (nSPS) is 10.7. The first-order chi connectivity index (χ1) is 9.15. The van der Waals surface area contributed by atoms with E-state index in [4.69, 9.17) is 15.9 Å². The van der Waals surface area contributed by atoms with Gasteiger partial charge in [-0.15, -0.1) is 24.0 Å². The zero-order valence-electron chi connectivity index (χ0n) is 10.6. The van der Waals surface area contributed by atoms with Gasteiger partial charge >= 0.3 is 0 Å². The van der Waals surface area contributed by atoms with Crippen molar-refractivity contribution in [2.24, 2.45) is 16.5 Å². The van der Waals surface area contributed by atoms with E-state index < -0.39 is 5.91 Å². The number of nitrogens with two attached hydrogens (primary N) is 2. The number of halogens is 1. The average Bonchev–Trinajstić information content (AvgIpc) is 2.86. The monoisotopic (exact) mass is 386 g/mol. The first kappa shape index (κ1) is 16.0. The number of hydrogen-bond acceptors (Lipinski definition) is 3. The predicted molar refractivity (Wildman–Crippen MR) is 88.0 cm³/mol. The van der Waals surface area contributed by atoms with E-state index in [1.54, 1.807) is 6.07 Å². The molecule has 7 heteroatoms. The topological polar surface area (TPSA) is 107 Å². The van der Waals surface area contributed by atoms with Crippen LogP contribution in [0.5, 0.6) is 0 Å². The maximum atomic E-state index is 10.8. The number of guanidine groups is 1. The minimum Gasteiger partial charge on any atom is -0.454 e. The molecule has 0 bridgehead atoms. The van der Waals surface area contributed by atoms with Gasteiger partial charge in [0, 0.05) is 5.69 Å². The molecule has 0 atom stereocenters. The Hall–Kier alpha value is -2.03. The van der Waals surface area contributed by atoms with Crippen LogP contribution >= 0.6 is 24.0 Å². The molecule has 1 heterocycles. The number of anilines is 1. The second-order valence-electron chi connectivity index (χ2n) is 3.82. The van der Waals surface area contributed by atoms with Crippen molar-refractivity contribution in [3.8, 4) is 0 Å². The quantitative estimate of drug-likeness (QED) is 0.424. The molecule has 0 radical (unpaired) electrons. The average molecular weight is 386 g/mol. The zero-order chi connectivity index (χ0) is 13.7. The molecule has 0 saturated heterocycles. The number of carbonyl (C=O) groups excluding carboxylic acids is 1. The Bertz CT molecular complexity index is 595. The van der Waals surface area contributed by atoms with Crippen LogP contribution in [-0.4, -0.2) is 11.9 Å². The lowest BCUT2D eigenvalue weighted by molar-refractivity contribution is 0.0972. The van der Waals surface area contributed by atoms with Gasteiger partial charge in [0.05, 0.1) is 0 Å². The molecule has 1 aromatic heterocycles. The van der Waals surface area contributed by atoms with Crippen molar-refractivity contribution in [3.05, 3.63) is 54.0 Å². The van der Waals surface area contributed by atoms with Crippen LogP contribution in [0.3, 0.4) is 0 Å². The summed E-state index contributed by atoms with van der Waals surface area (Å²) in [7, 11) is 0. The molecule has 6 nitrogen and oxygen atoms in total. The van der Waals surface area contributed by atoms with Crippen molar-refractivity contribution in [1.29, 1.82) is 0 Å². The van der Waals surface area contributed by atoms with Crippen LogP contribution in [0.1, 0.15) is 16.3 Å². The van der Waals surface area contributed by atoms with Gasteiger partial charge in [-0.1, -0.05) is 18.2 Å². The van der Waals surface area contributed by atoms with Crippen molar-refractivity contribution in [1.82, 2.24) is 0 Å². The molecular weight excluding hydrogens is 371 g/mol. The summed E-state index contributed by atoms with van der Waals surface area (Å²) < 4.78 is 5.18. The number of primary amides is 1. The Labute approximate surface area is 133 Å². The predicted octanol–water partition coefficient (Wildman–Crippen LogP) is 1.92. The Balaban J connectivity index is 0.00000200. The highest BCUT2D eigenvalue weighted by Crippen LogP contribution is 2.09. The van der Waals surface area contributed by atoms with Crippen LogP contribution in [0.15, 0.2) is 51.9 Å². The summed E-state index contributed by atoms with van der Waals surface area (Å²) in [6.45, 7) is 0.235. The van der Waals surface area contributed by atoms with E-state index in [0.29, 0.717) is 5.76 Å². The van der Waals surface area contributed by atoms with Crippen molar-refractivity contribution < 1.29 is 9.21 Å². The zero-order valence-corrected chi connectivity index (χ0v) is 12.9. The number of nitrogens with zero attached hydrogens (tertiary/aromatic N) is 1. The van der Waals surface area contributed by atoms with Gasteiger partial charge in [-0.2, -0.15) is 0 Å². The minimum atomic E-state index is -0.606. The van der Waals surface area contributed by atoms with Crippen molar-refractivity contribution in [2.45, 2.75) is 6.54 Å². The lowest BCUT2D eigenvalue weighted by Crippen LogP contribution is -2.22. The lowest BCUT2D eigenvalue weighted by Gasteiger charge is -2.04. The molecule has 20 heavy (non-hydrogen) atoms. The second kappa shape index (κ2) is 7.53. The van der Waals surface area contributed by atoms with Gasteiger partial charge in [0.15, 0.2) is 11.7 Å². The van der Waals surface area contributed by atoms with E-state index in [0.717, 1.165) is 5.69 Å². The van der Waals surface area contributed by atoms with Crippen molar-refractivity contribution >= 4 is 41.5 Å². The smallest absolute Gasteiger partial charge is 0.284 e. The molecule has 2 rings (SSSR count). The number of aliphatic imine (C=N–C) groups is 1. The number of nitrogens with one attached hydrogen (secondary N) is 1. The Morgan fingerprint density at radius 1 is 1.15 bits per heavy atom. The minimum absolute atomic E-state index is 0. The van der Waals surface area contributed by atoms with E-state index in [9.17, 15) is 4.79 Å². The highest BCUT2D eigenvalue weighted by Gasteiger charge is 2.06. The van der Waals surface area contributed by atoms with Crippen LogP contribution in [0.4, 0.5) is 5.69 Å². The molecule has 0 unspecified atom stereocenters. The van der Waals surface area contributed by atoms with Crippen LogP contribution in [0.25, 0.3) is 0 Å². The van der Waals surface area contributed by atoms with E-state index in [-0.39, 0.29) is 42.2 Å².